The first kappa shape index (κ1) is 12.5. The maximum Gasteiger partial charge on any atom is 0.320 e. The number of methoxy groups -OCH3 is 1. The molecule has 0 spiro atoms. The standard InChI is InChI=1S/C11H21NO3/c1-9(2)8-15-11(13)7-12-5-4-10(6-12)14-3/h9-10H,4-8H2,1-3H3/t10-/m0/s1. The molecule has 0 saturated carbocycles. The van der Waals surface area contributed by atoms with Crippen LogP contribution in [-0.2, 0) is 14.3 Å². The van der Waals surface area contributed by atoms with E-state index >= 15 is 0 Å². The summed E-state index contributed by atoms with van der Waals surface area (Å²) in [4.78, 5) is 13.5. The van der Waals surface area contributed by atoms with Gasteiger partial charge in [-0.05, 0) is 12.3 Å². The molecular weight excluding hydrogens is 194 g/mol. The van der Waals surface area contributed by atoms with Crippen LogP contribution in [-0.4, -0.2) is 50.3 Å². The zero-order valence-electron chi connectivity index (χ0n) is 9.86. The number of hydrogen-bond donors (Lipinski definition) is 0. The second-order valence-corrected chi connectivity index (χ2v) is 4.46. The van der Waals surface area contributed by atoms with Crippen molar-refractivity contribution < 1.29 is 14.3 Å². The number of carbonyl (C=O) groups is 1. The van der Waals surface area contributed by atoms with Crippen molar-refractivity contribution in [1.29, 1.82) is 0 Å². The Morgan fingerprint density at radius 2 is 2.27 bits per heavy atom. The highest BCUT2D eigenvalue weighted by Gasteiger charge is 2.23. The third kappa shape index (κ3) is 4.62. The van der Waals surface area contributed by atoms with Gasteiger partial charge in [-0.15, -0.1) is 0 Å². The lowest BCUT2D eigenvalue weighted by atomic mass is 10.2. The van der Waals surface area contributed by atoms with Gasteiger partial charge in [0, 0.05) is 20.2 Å². The molecule has 1 aliphatic heterocycles. The molecule has 1 saturated heterocycles. The highest BCUT2D eigenvalue weighted by molar-refractivity contribution is 5.71. The van der Waals surface area contributed by atoms with Crippen LogP contribution in [0, 0.1) is 5.92 Å². The Bertz CT molecular complexity index is 206. The van der Waals surface area contributed by atoms with Gasteiger partial charge in [-0.3, -0.25) is 9.69 Å². The fourth-order valence-electron chi connectivity index (χ4n) is 1.62. The monoisotopic (exact) mass is 215 g/mol. The Morgan fingerprint density at radius 3 is 2.80 bits per heavy atom. The summed E-state index contributed by atoms with van der Waals surface area (Å²) in [5, 5.41) is 0. The van der Waals surface area contributed by atoms with Crippen LogP contribution in [0.4, 0.5) is 0 Å². The normalized spacial score (nSPS) is 22.3. The molecule has 0 aromatic rings. The molecule has 1 aliphatic rings. The SMILES string of the molecule is CO[C@H]1CCN(CC(=O)OCC(C)C)C1. The first-order valence-corrected chi connectivity index (χ1v) is 5.52. The molecule has 1 heterocycles. The smallest absolute Gasteiger partial charge is 0.320 e. The lowest BCUT2D eigenvalue weighted by Gasteiger charge is -2.15. The van der Waals surface area contributed by atoms with Crippen LogP contribution in [0.3, 0.4) is 0 Å². The second-order valence-electron chi connectivity index (χ2n) is 4.46. The van der Waals surface area contributed by atoms with E-state index in [1.807, 2.05) is 13.8 Å². The Labute approximate surface area is 91.5 Å². The number of ether oxygens (including phenoxy) is 2. The zero-order valence-corrected chi connectivity index (χ0v) is 9.86. The number of likely N-dealkylation sites (tertiary alicyclic amines) is 1. The van der Waals surface area contributed by atoms with E-state index in [0.29, 0.717) is 19.1 Å². The molecule has 88 valence electrons. The summed E-state index contributed by atoms with van der Waals surface area (Å²) in [6, 6.07) is 0. The van der Waals surface area contributed by atoms with E-state index in [1.165, 1.54) is 0 Å². The summed E-state index contributed by atoms with van der Waals surface area (Å²) in [6.45, 7) is 6.74. The average Bonchev–Trinajstić information content (AvgIpc) is 2.62. The zero-order chi connectivity index (χ0) is 11.3. The molecule has 0 aromatic heterocycles. The molecule has 1 atom stereocenters. The predicted molar refractivity (Wildman–Crippen MR) is 57.7 cm³/mol. The van der Waals surface area contributed by atoms with Crippen molar-refractivity contribution in [2.75, 3.05) is 33.4 Å². The van der Waals surface area contributed by atoms with Gasteiger partial charge in [0.25, 0.3) is 0 Å². The van der Waals surface area contributed by atoms with Crippen LogP contribution < -0.4 is 0 Å². The number of esters is 1. The van der Waals surface area contributed by atoms with E-state index in [1.54, 1.807) is 7.11 Å². The van der Waals surface area contributed by atoms with Gasteiger partial charge in [0.15, 0.2) is 0 Å². The molecule has 4 nitrogen and oxygen atoms in total. The fourth-order valence-corrected chi connectivity index (χ4v) is 1.62. The fraction of sp³-hybridized carbons (Fsp3) is 0.909. The highest BCUT2D eigenvalue weighted by Crippen LogP contribution is 2.11. The summed E-state index contributed by atoms with van der Waals surface area (Å²) in [5.41, 5.74) is 0. The highest BCUT2D eigenvalue weighted by atomic mass is 16.5. The van der Waals surface area contributed by atoms with Crippen molar-refractivity contribution in [3.63, 3.8) is 0 Å². The molecule has 0 unspecified atom stereocenters. The van der Waals surface area contributed by atoms with Gasteiger partial charge in [-0.2, -0.15) is 0 Å². The Balaban J connectivity index is 2.16. The van der Waals surface area contributed by atoms with Crippen molar-refractivity contribution in [2.45, 2.75) is 26.4 Å². The summed E-state index contributed by atoms with van der Waals surface area (Å²) in [7, 11) is 1.71. The van der Waals surface area contributed by atoms with Crippen molar-refractivity contribution in [3.8, 4) is 0 Å². The van der Waals surface area contributed by atoms with Gasteiger partial charge >= 0.3 is 5.97 Å². The number of rotatable bonds is 5. The number of carbonyl (C=O) groups excluding carboxylic acids is 1. The summed E-state index contributed by atoms with van der Waals surface area (Å²) in [6.07, 6.45) is 1.29. The lowest BCUT2D eigenvalue weighted by molar-refractivity contribution is -0.145. The molecule has 15 heavy (non-hydrogen) atoms. The minimum absolute atomic E-state index is 0.125. The predicted octanol–water partition coefficient (Wildman–Crippen LogP) is 0.906. The van der Waals surface area contributed by atoms with Gasteiger partial charge in [0.1, 0.15) is 0 Å². The van der Waals surface area contributed by atoms with E-state index in [9.17, 15) is 4.79 Å². The van der Waals surface area contributed by atoms with Gasteiger partial charge in [-0.25, -0.2) is 0 Å². The van der Waals surface area contributed by atoms with Crippen LogP contribution in [0.1, 0.15) is 20.3 Å². The van der Waals surface area contributed by atoms with E-state index in [-0.39, 0.29) is 12.1 Å². The average molecular weight is 215 g/mol. The van der Waals surface area contributed by atoms with Crippen molar-refractivity contribution in [2.24, 2.45) is 5.92 Å². The first-order valence-electron chi connectivity index (χ1n) is 5.52. The number of nitrogens with zero attached hydrogens (tertiary/aromatic N) is 1. The minimum atomic E-state index is -0.125. The summed E-state index contributed by atoms with van der Waals surface area (Å²) < 4.78 is 10.3. The van der Waals surface area contributed by atoms with Crippen LogP contribution in [0.5, 0.6) is 0 Å². The summed E-state index contributed by atoms with van der Waals surface area (Å²) >= 11 is 0. The van der Waals surface area contributed by atoms with E-state index in [0.717, 1.165) is 19.5 Å². The Morgan fingerprint density at radius 1 is 1.53 bits per heavy atom. The molecule has 4 heteroatoms. The van der Waals surface area contributed by atoms with Gasteiger partial charge in [0.05, 0.1) is 19.3 Å². The van der Waals surface area contributed by atoms with Crippen LogP contribution in [0.15, 0.2) is 0 Å². The molecule has 0 N–H and O–H groups in total. The second kappa shape index (κ2) is 6.08. The van der Waals surface area contributed by atoms with Gasteiger partial charge < -0.3 is 9.47 Å². The Kier molecular flexibility index (Phi) is 5.05. The molecule has 0 aliphatic carbocycles. The number of hydrogen-bond acceptors (Lipinski definition) is 4. The van der Waals surface area contributed by atoms with Crippen LogP contribution in [0.25, 0.3) is 0 Å². The molecular formula is C11H21NO3. The quantitative estimate of drug-likeness (QED) is 0.639. The molecule has 0 amide bonds. The topological polar surface area (TPSA) is 38.8 Å². The molecule has 1 rings (SSSR count). The summed E-state index contributed by atoms with van der Waals surface area (Å²) in [5.74, 6) is 0.278. The first-order chi connectivity index (χ1) is 7.11. The maximum atomic E-state index is 11.4. The van der Waals surface area contributed by atoms with Gasteiger partial charge in [-0.1, -0.05) is 13.8 Å². The van der Waals surface area contributed by atoms with Crippen molar-refractivity contribution >= 4 is 5.97 Å². The largest absolute Gasteiger partial charge is 0.464 e. The van der Waals surface area contributed by atoms with Crippen LogP contribution >= 0.6 is 0 Å². The van der Waals surface area contributed by atoms with Crippen molar-refractivity contribution in [1.82, 2.24) is 4.90 Å². The molecule has 0 bridgehead atoms. The minimum Gasteiger partial charge on any atom is -0.464 e. The van der Waals surface area contributed by atoms with E-state index in [4.69, 9.17) is 9.47 Å². The Hall–Kier alpha value is -0.610. The van der Waals surface area contributed by atoms with Gasteiger partial charge in [0.2, 0.25) is 0 Å². The van der Waals surface area contributed by atoms with Crippen molar-refractivity contribution in [3.05, 3.63) is 0 Å². The third-order valence-electron chi connectivity index (χ3n) is 2.49. The van der Waals surface area contributed by atoms with E-state index in [2.05, 4.69) is 4.90 Å². The van der Waals surface area contributed by atoms with Crippen LogP contribution in [0.2, 0.25) is 0 Å². The maximum absolute atomic E-state index is 11.4. The molecule has 1 fully saturated rings. The third-order valence-corrected chi connectivity index (χ3v) is 2.49. The molecule has 0 radical (unpaired) electrons. The molecule has 0 aromatic carbocycles. The lowest BCUT2D eigenvalue weighted by Crippen LogP contribution is -2.30. The van der Waals surface area contributed by atoms with E-state index < -0.39 is 0 Å².